The molecule has 27 heavy (non-hydrogen) atoms. The first-order valence-electron chi connectivity index (χ1n) is 8.96. The molecule has 6 rings (SSSR count). The van der Waals surface area contributed by atoms with Gasteiger partial charge in [-0.2, -0.15) is 0 Å². The van der Waals surface area contributed by atoms with Crippen molar-refractivity contribution in [3.8, 4) is 0 Å². The highest BCUT2D eigenvalue weighted by atomic mass is 32.1. The number of benzene rings is 4. The summed E-state index contributed by atoms with van der Waals surface area (Å²) in [6.45, 7) is 0. The lowest BCUT2D eigenvalue weighted by molar-refractivity contribution is 1.64. The molecule has 128 valence electrons. The predicted octanol–water partition coefficient (Wildman–Crippen LogP) is 8.17. The summed E-state index contributed by atoms with van der Waals surface area (Å²) in [5.41, 5.74) is 2.35. The molecule has 3 heteroatoms. The number of thiophene rings is 2. The van der Waals surface area contributed by atoms with Crippen molar-refractivity contribution in [3.05, 3.63) is 84.9 Å². The van der Waals surface area contributed by atoms with E-state index in [4.69, 9.17) is 0 Å². The summed E-state index contributed by atoms with van der Waals surface area (Å²) < 4.78 is 5.31. The molecule has 0 radical (unpaired) electrons. The van der Waals surface area contributed by atoms with Crippen molar-refractivity contribution in [1.29, 1.82) is 0 Å². The van der Waals surface area contributed by atoms with Gasteiger partial charge in [0.1, 0.15) is 0 Å². The first kappa shape index (κ1) is 15.2. The van der Waals surface area contributed by atoms with Gasteiger partial charge in [0.25, 0.3) is 0 Å². The van der Waals surface area contributed by atoms with Crippen molar-refractivity contribution >= 4 is 74.4 Å². The van der Waals surface area contributed by atoms with E-state index in [0.29, 0.717) is 0 Å². The van der Waals surface area contributed by atoms with Gasteiger partial charge < -0.3 is 5.32 Å². The number of hydrogen-bond acceptors (Lipinski definition) is 3. The second-order valence-electron chi connectivity index (χ2n) is 6.68. The topological polar surface area (TPSA) is 12.0 Å². The average Bonchev–Trinajstić information content (AvgIpc) is 3.27. The molecule has 0 saturated heterocycles. The highest BCUT2D eigenvalue weighted by Crippen LogP contribution is 2.42. The number of nitrogens with one attached hydrogen (secondary N) is 1. The second kappa shape index (κ2) is 5.81. The number of fused-ring (bicyclic) bond motifs is 6. The van der Waals surface area contributed by atoms with Crippen LogP contribution in [0.5, 0.6) is 0 Å². The zero-order valence-electron chi connectivity index (χ0n) is 14.4. The van der Waals surface area contributed by atoms with E-state index >= 15 is 0 Å². The maximum Gasteiger partial charge on any atom is 0.0478 e. The molecule has 6 aromatic rings. The van der Waals surface area contributed by atoms with Crippen LogP contribution < -0.4 is 5.32 Å². The SMILES string of the molecule is c1ccc2c(c1)sc1cccc(Nc3cccc4sc5ccccc5c34)c12. The lowest BCUT2D eigenvalue weighted by atomic mass is 10.1. The van der Waals surface area contributed by atoms with Gasteiger partial charge in [0.2, 0.25) is 0 Å². The molecule has 0 spiro atoms. The van der Waals surface area contributed by atoms with E-state index in [-0.39, 0.29) is 0 Å². The van der Waals surface area contributed by atoms with E-state index in [2.05, 4.69) is 90.2 Å². The summed E-state index contributed by atoms with van der Waals surface area (Å²) in [5, 5.41) is 9.03. The fourth-order valence-corrected chi connectivity index (χ4v) is 6.17. The monoisotopic (exact) mass is 381 g/mol. The van der Waals surface area contributed by atoms with Crippen LogP contribution in [0.1, 0.15) is 0 Å². The van der Waals surface area contributed by atoms with Crippen LogP contribution in [0.4, 0.5) is 11.4 Å². The Bertz CT molecular complexity index is 1340. The van der Waals surface area contributed by atoms with Gasteiger partial charge >= 0.3 is 0 Å². The van der Waals surface area contributed by atoms with Crippen molar-refractivity contribution in [2.75, 3.05) is 5.32 Å². The van der Waals surface area contributed by atoms with Crippen LogP contribution in [0.2, 0.25) is 0 Å². The smallest absolute Gasteiger partial charge is 0.0478 e. The summed E-state index contributed by atoms with van der Waals surface area (Å²) in [7, 11) is 0. The number of hydrogen-bond donors (Lipinski definition) is 1. The number of rotatable bonds is 2. The molecule has 0 unspecified atom stereocenters. The Balaban J connectivity index is 1.62. The molecule has 4 aromatic carbocycles. The highest BCUT2D eigenvalue weighted by molar-refractivity contribution is 7.26. The van der Waals surface area contributed by atoms with E-state index in [1.807, 2.05) is 22.7 Å². The van der Waals surface area contributed by atoms with Crippen molar-refractivity contribution in [2.24, 2.45) is 0 Å². The molecular formula is C24H15NS2. The Labute approximate surface area is 164 Å². The van der Waals surface area contributed by atoms with Gasteiger partial charge in [0.05, 0.1) is 0 Å². The molecule has 0 amide bonds. The van der Waals surface area contributed by atoms with Gasteiger partial charge in [-0.15, -0.1) is 22.7 Å². The van der Waals surface area contributed by atoms with Crippen molar-refractivity contribution in [2.45, 2.75) is 0 Å². The van der Waals surface area contributed by atoms with Crippen molar-refractivity contribution < 1.29 is 0 Å². The second-order valence-corrected chi connectivity index (χ2v) is 8.85. The minimum atomic E-state index is 1.17. The predicted molar refractivity (Wildman–Crippen MR) is 122 cm³/mol. The Morgan fingerprint density at radius 2 is 0.889 bits per heavy atom. The molecule has 2 aromatic heterocycles. The summed E-state index contributed by atoms with van der Waals surface area (Å²) in [6, 6.07) is 30.4. The number of anilines is 2. The highest BCUT2D eigenvalue weighted by Gasteiger charge is 2.12. The van der Waals surface area contributed by atoms with Gasteiger partial charge in [0, 0.05) is 51.7 Å². The van der Waals surface area contributed by atoms with E-state index in [1.54, 1.807) is 0 Å². The van der Waals surface area contributed by atoms with Gasteiger partial charge in [-0.25, -0.2) is 0 Å². The van der Waals surface area contributed by atoms with Crippen molar-refractivity contribution in [1.82, 2.24) is 0 Å². The molecule has 0 aliphatic heterocycles. The van der Waals surface area contributed by atoms with E-state index in [9.17, 15) is 0 Å². The first-order valence-corrected chi connectivity index (χ1v) is 10.6. The maximum atomic E-state index is 3.76. The lowest BCUT2D eigenvalue weighted by Crippen LogP contribution is -1.91. The first-order chi connectivity index (χ1) is 13.4. The molecule has 0 atom stereocenters. The third-order valence-electron chi connectivity index (χ3n) is 5.07. The Hall–Kier alpha value is -2.88. The van der Waals surface area contributed by atoms with Gasteiger partial charge in [-0.3, -0.25) is 0 Å². The molecule has 2 heterocycles. The van der Waals surface area contributed by atoms with Crippen molar-refractivity contribution in [3.63, 3.8) is 0 Å². The molecule has 1 N–H and O–H groups in total. The van der Waals surface area contributed by atoms with Crippen LogP contribution in [0.15, 0.2) is 84.9 Å². The summed E-state index contributed by atoms with van der Waals surface area (Å²) in [5.74, 6) is 0. The Kier molecular flexibility index (Phi) is 3.27. The molecular weight excluding hydrogens is 366 g/mol. The van der Waals surface area contributed by atoms with E-state index in [0.717, 1.165) is 0 Å². The minimum absolute atomic E-state index is 1.17. The zero-order valence-corrected chi connectivity index (χ0v) is 16.0. The van der Waals surface area contributed by atoms with Crippen LogP contribution in [0, 0.1) is 0 Å². The van der Waals surface area contributed by atoms with Gasteiger partial charge in [-0.1, -0.05) is 48.5 Å². The van der Waals surface area contributed by atoms with E-state index < -0.39 is 0 Å². The minimum Gasteiger partial charge on any atom is -0.354 e. The fraction of sp³-hybridized carbons (Fsp3) is 0. The molecule has 0 bridgehead atoms. The molecule has 0 aliphatic carbocycles. The van der Waals surface area contributed by atoms with Gasteiger partial charge in [0.15, 0.2) is 0 Å². The molecule has 0 fully saturated rings. The standard InChI is InChI=1S/C24H15NS2/c1-3-11-19-15(7-1)23-17(9-5-13-21(23)26-19)25-18-10-6-14-22-24(18)16-8-2-4-12-20(16)27-22/h1-14,25H. The average molecular weight is 382 g/mol. The third kappa shape index (κ3) is 2.29. The molecule has 0 aliphatic rings. The Morgan fingerprint density at radius 1 is 0.444 bits per heavy atom. The Morgan fingerprint density at radius 3 is 1.41 bits per heavy atom. The maximum absolute atomic E-state index is 3.76. The quantitative estimate of drug-likeness (QED) is 0.319. The molecule has 1 nitrogen and oxygen atoms in total. The largest absolute Gasteiger partial charge is 0.354 e. The zero-order chi connectivity index (χ0) is 17.8. The normalized spacial score (nSPS) is 11.7. The summed E-state index contributed by atoms with van der Waals surface area (Å²) >= 11 is 3.71. The molecule has 0 saturated carbocycles. The van der Waals surface area contributed by atoms with Crippen LogP contribution in [-0.4, -0.2) is 0 Å². The van der Waals surface area contributed by atoms with Crippen LogP contribution in [0.25, 0.3) is 40.3 Å². The van der Waals surface area contributed by atoms with Gasteiger partial charge in [-0.05, 0) is 36.4 Å². The lowest BCUT2D eigenvalue weighted by Gasteiger charge is -2.10. The summed E-state index contributed by atoms with van der Waals surface area (Å²) in [4.78, 5) is 0. The van der Waals surface area contributed by atoms with Crippen LogP contribution in [-0.2, 0) is 0 Å². The van der Waals surface area contributed by atoms with E-state index in [1.165, 1.54) is 51.7 Å². The third-order valence-corrected chi connectivity index (χ3v) is 7.35. The van der Waals surface area contributed by atoms with Crippen LogP contribution in [0.3, 0.4) is 0 Å². The fourth-order valence-electron chi connectivity index (χ4n) is 3.90. The summed E-state index contributed by atoms with van der Waals surface area (Å²) in [6.07, 6.45) is 0. The van der Waals surface area contributed by atoms with Crippen LogP contribution >= 0.6 is 22.7 Å².